The third kappa shape index (κ3) is 2.62. The van der Waals surface area contributed by atoms with E-state index in [0.717, 1.165) is 0 Å². The molecule has 10 heavy (non-hydrogen) atoms. The molecule has 0 aromatic rings. The van der Waals surface area contributed by atoms with Crippen LogP contribution in [0.3, 0.4) is 0 Å². The van der Waals surface area contributed by atoms with Crippen LogP contribution in [-0.4, -0.2) is 13.3 Å². The van der Waals surface area contributed by atoms with Gasteiger partial charge in [0.2, 0.25) is 0 Å². The molecule has 0 N–H and O–H groups in total. The number of rotatable bonds is 2. The summed E-state index contributed by atoms with van der Waals surface area (Å²) in [6.07, 6.45) is 6.01. The Balaban J connectivity index is 4.39. The highest BCUT2D eigenvalue weighted by atomic mass is 14.6. The van der Waals surface area contributed by atoms with Gasteiger partial charge in [0, 0.05) is 13.3 Å². The molecule has 0 rings (SSSR count). The van der Waals surface area contributed by atoms with Crippen molar-refractivity contribution < 1.29 is 0 Å². The van der Waals surface area contributed by atoms with Crippen LogP contribution in [0.15, 0.2) is 28.3 Å². The van der Waals surface area contributed by atoms with Crippen molar-refractivity contribution in [3.8, 4) is 0 Å². The molecule has 1 nitrogen and oxygen atoms in total. The van der Waals surface area contributed by atoms with Crippen LogP contribution in [0.1, 0.15) is 20.8 Å². The molecule has 0 aliphatic rings. The molecular formula is C9H15N. The Hall–Kier alpha value is -0.850. The van der Waals surface area contributed by atoms with Gasteiger partial charge in [0.1, 0.15) is 0 Å². The molecule has 56 valence electrons. The second kappa shape index (κ2) is 4.98. The van der Waals surface area contributed by atoms with E-state index >= 15 is 0 Å². The number of aliphatic imine (C=N–C) groups is 1. The Morgan fingerprint density at radius 3 is 2.10 bits per heavy atom. The standard InChI is InChI=1S/C9H15N/c1-5-8(3)9(6-2)7-10-4/h5-7H,1-4H3/b8-5+,9-6+,10-7-. The zero-order chi connectivity index (χ0) is 7.98. The summed E-state index contributed by atoms with van der Waals surface area (Å²) in [7, 11) is 1.78. The highest BCUT2D eigenvalue weighted by Crippen LogP contribution is 2.05. The highest BCUT2D eigenvalue weighted by Gasteiger charge is 1.90. The lowest BCUT2D eigenvalue weighted by Gasteiger charge is -1.97. The van der Waals surface area contributed by atoms with E-state index < -0.39 is 0 Å². The van der Waals surface area contributed by atoms with Gasteiger partial charge in [-0.2, -0.15) is 0 Å². The van der Waals surface area contributed by atoms with Gasteiger partial charge in [0.05, 0.1) is 0 Å². The average Bonchev–Trinajstić information content (AvgIpc) is 1.99. The van der Waals surface area contributed by atoms with Gasteiger partial charge in [-0.3, -0.25) is 4.99 Å². The van der Waals surface area contributed by atoms with Crippen molar-refractivity contribution in [1.82, 2.24) is 0 Å². The van der Waals surface area contributed by atoms with Crippen molar-refractivity contribution in [3.63, 3.8) is 0 Å². The van der Waals surface area contributed by atoms with Gasteiger partial charge in [0.15, 0.2) is 0 Å². The molecule has 0 bridgehead atoms. The maximum absolute atomic E-state index is 3.94. The van der Waals surface area contributed by atoms with E-state index in [-0.39, 0.29) is 0 Å². The largest absolute Gasteiger partial charge is 0.296 e. The van der Waals surface area contributed by atoms with Crippen molar-refractivity contribution in [1.29, 1.82) is 0 Å². The van der Waals surface area contributed by atoms with E-state index in [1.807, 2.05) is 20.1 Å². The SMILES string of the molecule is C/C=C(\C=N/C)C(/C)=C/C. The van der Waals surface area contributed by atoms with Crippen LogP contribution < -0.4 is 0 Å². The van der Waals surface area contributed by atoms with Gasteiger partial charge < -0.3 is 0 Å². The zero-order valence-electron chi connectivity index (χ0n) is 7.18. The summed E-state index contributed by atoms with van der Waals surface area (Å²) in [4.78, 5) is 3.94. The summed E-state index contributed by atoms with van der Waals surface area (Å²) >= 11 is 0. The first-order valence-corrected chi connectivity index (χ1v) is 3.48. The van der Waals surface area contributed by atoms with Gasteiger partial charge in [-0.25, -0.2) is 0 Å². The summed E-state index contributed by atoms with van der Waals surface area (Å²) in [5, 5.41) is 0. The third-order valence-corrected chi connectivity index (χ3v) is 1.47. The summed E-state index contributed by atoms with van der Waals surface area (Å²) in [6, 6.07) is 0. The second-order valence-corrected chi connectivity index (χ2v) is 2.10. The minimum absolute atomic E-state index is 1.20. The fraction of sp³-hybridized carbons (Fsp3) is 0.444. The highest BCUT2D eigenvalue weighted by molar-refractivity contribution is 5.83. The first-order valence-electron chi connectivity index (χ1n) is 3.48. The molecule has 1 heteroatoms. The Kier molecular flexibility index (Phi) is 4.55. The van der Waals surface area contributed by atoms with E-state index in [1.54, 1.807) is 7.05 Å². The van der Waals surface area contributed by atoms with Gasteiger partial charge >= 0.3 is 0 Å². The number of hydrogen-bond donors (Lipinski definition) is 0. The maximum Gasteiger partial charge on any atom is 0.0280 e. The number of hydrogen-bond acceptors (Lipinski definition) is 1. The van der Waals surface area contributed by atoms with Crippen molar-refractivity contribution in [2.45, 2.75) is 20.8 Å². The summed E-state index contributed by atoms with van der Waals surface area (Å²) in [5.74, 6) is 0. The minimum atomic E-state index is 1.20. The molecule has 0 spiro atoms. The molecule has 0 heterocycles. The van der Waals surface area contributed by atoms with Crippen molar-refractivity contribution in [2.24, 2.45) is 4.99 Å². The average molecular weight is 137 g/mol. The molecule has 0 unspecified atom stereocenters. The fourth-order valence-electron chi connectivity index (χ4n) is 0.710. The molecule has 0 aliphatic heterocycles. The lowest BCUT2D eigenvalue weighted by molar-refractivity contribution is 1.39. The fourth-order valence-corrected chi connectivity index (χ4v) is 0.710. The zero-order valence-corrected chi connectivity index (χ0v) is 7.18. The van der Waals surface area contributed by atoms with E-state index in [2.05, 4.69) is 24.1 Å². The maximum atomic E-state index is 3.94. The Morgan fingerprint density at radius 1 is 1.20 bits per heavy atom. The summed E-state index contributed by atoms with van der Waals surface area (Å²) < 4.78 is 0. The summed E-state index contributed by atoms with van der Waals surface area (Å²) in [6.45, 7) is 6.13. The first kappa shape index (κ1) is 9.15. The Labute approximate surface area is 63.2 Å². The Morgan fingerprint density at radius 2 is 1.80 bits per heavy atom. The molecule has 0 amide bonds. The smallest absolute Gasteiger partial charge is 0.0280 e. The van der Waals surface area contributed by atoms with Crippen molar-refractivity contribution in [2.75, 3.05) is 7.05 Å². The number of nitrogens with zero attached hydrogens (tertiary/aromatic N) is 1. The molecular weight excluding hydrogens is 122 g/mol. The molecule has 0 aromatic heterocycles. The topological polar surface area (TPSA) is 12.4 Å². The lowest BCUT2D eigenvalue weighted by atomic mass is 10.1. The number of allylic oxidation sites excluding steroid dienone is 4. The molecule has 0 fully saturated rings. The summed E-state index contributed by atoms with van der Waals surface area (Å²) in [5.41, 5.74) is 2.47. The van der Waals surface area contributed by atoms with Gasteiger partial charge in [-0.15, -0.1) is 0 Å². The lowest BCUT2D eigenvalue weighted by Crippen LogP contribution is -1.85. The van der Waals surface area contributed by atoms with Crippen molar-refractivity contribution >= 4 is 6.21 Å². The molecule has 0 aromatic carbocycles. The van der Waals surface area contributed by atoms with E-state index in [4.69, 9.17) is 0 Å². The van der Waals surface area contributed by atoms with E-state index in [1.165, 1.54) is 11.1 Å². The van der Waals surface area contributed by atoms with Gasteiger partial charge in [-0.1, -0.05) is 12.2 Å². The van der Waals surface area contributed by atoms with Crippen LogP contribution in [0.5, 0.6) is 0 Å². The molecule has 0 atom stereocenters. The van der Waals surface area contributed by atoms with Crippen LogP contribution in [-0.2, 0) is 0 Å². The van der Waals surface area contributed by atoms with Crippen LogP contribution in [0.2, 0.25) is 0 Å². The van der Waals surface area contributed by atoms with Crippen LogP contribution in [0.25, 0.3) is 0 Å². The molecule has 0 radical (unpaired) electrons. The monoisotopic (exact) mass is 137 g/mol. The quantitative estimate of drug-likeness (QED) is 0.410. The van der Waals surface area contributed by atoms with E-state index in [9.17, 15) is 0 Å². The normalized spacial score (nSPS) is 14.8. The van der Waals surface area contributed by atoms with Gasteiger partial charge in [-0.05, 0) is 31.9 Å². The van der Waals surface area contributed by atoms with Crippen LogP contribution in [0.4, 0.5) is 0 Å². The predicted octanol–water partition coefficient (Wildman–Crippen LogP) is 2.60. The van der Waals surface area contributed by atoms with Crippen LogP contribution >= 0.6 is 0 Å². The second-order valence-electron chi connectivity index (χ2n) is 2.10. The first-order chi connectivity index (χ1) is 4.76. The molecule has 0 aliphatic carbocycles. The third-order valence-electron chi connectivity index (χ3n) is 1.47. The van der Waals surface area contributed by atoms with Crippen LogP contribution in [0, 0.1) is 0 Å². The molecule has 0 saturated carbocycles. The predicted molar refractivity (Wildman–Crippen MR) is 47.6 cm³/mol. The van der Waals surface area contributed by atoms with Crippen molar-refractivity contribution in [3.05, 3.63) is 23.3 Å². The van der Waals surface area contributed by atoms with Gasteiger partial charge in [0.25, 0.3) is 0 Å². The Bertz CT molecular complexity index is 173. The molecule has 0 saturated heterocycles. The minimum Gasteiger partial charge on any atom is -0.296 e. The van der Waals surface area contributed by atoms with E-state index in [0.29, 0.717) is 0 Å².